The molecule has 0 aromatic rings. The van der Waals surface area contributed by atoms with Gasteiger partial charge < -0.3 is 0 Å². The molecule has 0 unspecified atom stereocenters. The molecule has 0 atom stereocenters. The number of amides is 1. The van der Waals surface area contributed by atoms with Gasteiger partial charge in [-0.15, -0.1) is 0 Å². The number of unbranched alkanes of at least 4 members (excludes halogenated alkanes) is 2. The highest BCUT2D eigenvalue weighted by molar-refractivity contribution is 6.76. The van der Waals surface area contributed by atoms with Gasteiger partial charge in [0.05, 0.1) is 0 Å². The Morgan fingerprint density at radius 3 is 2.38 bits per heavy atom. The van der Waals surface area contributed by atoms with Crippen molar-refractivity contribution in [3.8, 4) is 0 Å². The molecule has 78 valence electrons. The summed E-state index contributed by atoms with van der Waals surface area (Å²) in [6.07, 6.45) is 3.22. The van der Waals surface area contributed by atoms with Gasteiger partial charge in [0, 0.05) is 6.54 Å². The summed E-state index contributed by atoms with van der Waals surface area (Å²) in [4.78, 5) is 10.9. The number of nitrogens with one attached hydrogen (secondary N) is 2. The van der Waals surface area contributed by atoms with Crippen LogP contribution in [0.3, 0.4) is 0 Å². The largest absolute Gasteiger partial charge is 0.288 e. The van der Waals surface area contributed by atoms with Crippen molar-refractivity contribution in [3.63, 3.8) is 0 Å². The Morgan fingerprint density at radius 1 is 1.31 bits per heavy atom. The lowest BCUT2D eigenvalue weighted by molar-refractivity contribution is -0.121. The summed E-state index contributed by atoms with van der Waals surface area (Å²) in [6, 6.07) is 0. The van der Waals surface area contributed by atoms with Gasteiger partial charge in [-0.2, -0.15) is 0 Å². The van der Waals surface area contributed by atoms with E-state index in [1.165, 1.54) is 0 Å². The van der Waals surface area contributed by atoms with E-state index in [4.69, 9.17) is 34.8 Å². The number of hydrazine groups is 1. The maximum atomic E-state index is 10.9. The monoisotopic (exact) mass is 246 g/mol. The average Bonchev–Trinajstić information content (AvgIpc) is 2.02. The van der Waals surface area contributed by atoms with Gasteiger partial charge in [0.25, 0.3) is 9.70 Å². The van der Waals surface area contributed by atoms with Crippen LogP contribution < -0.4 is 10.9 Å². The highest BCUT2D eigenvalue weighted by Crippen LogP contribution is 2.25. The first kappa shape index (κ1) is 13.3. The van der Waals surface area contributed by atoms with Gasteiger partial charge in [-0.25, -0.2) is 5.43 Å². The van der Waals surface area contributed by atoms with Crippen molar-refractivity contribution in [2.45, 2.75) is 30.0 Å². The van der Waals surface area contributed by atoms with Crippen LogP contribution in [0.25, 0.3) is 0 Å². The first-order valence-electron chi connectivity index (χ1n) is 4.08. The molecule has 0 rings (SSSR count). The maximum absolute atomic E-state index is 10.9. The van der Waals surface area contributed by atoms with Gasteiger partial charge in [0.15, 0.2) is 0 Å². The van der Waals surface area contributed by atoms with Gasteiger partial charge >= 0.3 is 0 Å². The second-order valence-electron chi connectivity index (χ2n) is 2.59. The molecule has 0 aliphatic rings. The van der Waals surface area contributed by atoms with E-state index >= 15 is 0 Å². The zero-order valence-corrected chi connectivity index (χ0v) is 9.64. The number of carbonyl (C=O) groups excluding carboxylic acids is 1. The maximum Gasteiger partial charge on any atom is 0.286 e. The standard InChI is InChI=1S/C7H13Cl3N2O/c1-2-3-4-5-11-12-6(13)7(8,9)10/h11H,2-5H2,1H3,(H,12,13). The van der Waals surface area contributed by atoms with E-state index in [0.717, 1.165) is 19.3 Å². The van der Waals surface area contributed by atoms with Crippen molar-refractivity contribution >= 4 is 40.7 Å². The van der Waals surface area contributed by atoms with Gasteiger partial charge in [-0.1, -0.05) is 54.6 Å². The Bertz CT molecular complexity index is 158. The fourth-order valence-corrected chi connectivity index (χ4v) is 0.819. The molecule has 0 saturated heterocycles. The van der Waals surface area contributed by atoms with Crippen LogP contribution in [0.1, 0.15) is 26.2 Å². The molecule has 0 aromatic heterocycles. The highest BCUT2D eigenvalue weighted by Gasteiger charge is 2.30. The molecule has 2 N–H and O–H groups in total. The number of alkyl halides is 3. The van der Waals surface area contributed by atoms with E-state index in [1.54, 1.807) is 0 Å². The summed E-state index contributed by atoms with van der Waals surface area (Å²) in [5.41, 5.74) is 4.97. The fraction of sp³-hybridized carbons (Fsp3) is 0.857. The van der Waals surface area contributed by atoms with Crippen molar-refractivity contribution in [2.75, 3.05) is 6.54 Å². The average molecular weight is 248 g/mol. The van der Waals surface area contributed by atoms with Crippen molar-refractivity contribution in [2.24, 2.45) is 0 Å². The molecule has 6 heteroatoms. The molecular formula is C7H13Cl3N2O. The predicted octanol–water partition coefficient (Wildman–Crippen LogP) is 2.17. The van der Waals surface area contributed by atoms with Crippen LogP contribution in [-0.2, 0) is 4.79 Å². The lowest BCUT2D eigenvalue weighted by Gasteiger charge is -2.11. The molecule has 0 bridgehead atoms. The summed E-state index contributed by atoms with van der Waals surface area (Å²) >= 11 is 15.9. The summed E-state index contributed by atoms with van der Waals surface area (Å²) < 4.78 is -1.89. The molecule has 0 aliphatic heterocycles. The molecule has 0 heterocycles. The molecule has 0 saturated carbocycles. The Kier molecular flexibility index (Phi) is 6.86. The molecule has 0 fully saturated rings. The second kappa shape index (κ2) is 6.71. The van der Waals surface area contributed by atoms with Crippen LogP contribution in [0.4, 0.5) is 0 Å². The number of hydrogen-bond acceptors (Lipinski definition) is 2. The molecule has 0 spiro atoms. The third kappa shape index (κ3) is 7.38. The van der Waals surface area contributed by atoms with Gasteiger partial charge in [-0.3, -0.25) is 10.2 Å². The zero-order valence-electron chi connectivity index (χ0n) is 7.37. The summed E-state index contributed by atoms with van der Waals surface area (Å²) in [6.45, 7) is 2.78. The lowest BCUT2D eigenvalue weighted by Crippen LogP contribution is -2.44. The SMILES string of the molecule is CCCCCNNC(=O)C(Cl)(Cl)Cl. The minimum Gasteiger partial charge on any atom is -0.288 e. The zero-order chi connectivity index (χ0) is 10.3. The van der Waals surface area contributed by atoms with E-state index in [-0.39, 0.29) is 0 Å². The summed E-state index contributed by atoms with van der Waals surface area (Å²) in [7, 11) is 0. The summed E-state index contributed by atoms with van der Waals surface area (Å²) in [5.74, 6) is -0.658. The quantitative estimate of drug-likeness (QED) is 0.444. The number of halogens is 3. The van der Waals surface area contributed by atoms with Crippen LogP contribution in [-0.4, -0.2) is 16.2 Å². The van der Waals surface area contributed by atoms with E-state index in [9.17, 15) is 4.79 Å². The van der Waals surface area contributed by atoms with Gasteiger partial charge in [0.1, 0.15) is 0 Å². The first-order chi connectivity index (χ1) is 5.98. The molecule has 13 heavy (non-hydrogen) atoms. The Balaban J connectivity index is 3.38. The summed E-state index contributed by atoms with van der Waals surface area (Å²) in [5, 5.41) is 0. The normalized spacial score (nSPS) is 11.4. The van der Waals surface area contributed by atoms with Gasteiger partial charge in [0.2, 0.25) is 0 Å². The van der Waals surface area contributed by atoms with Crippen molar-refractivity contribution in [1.29, 1.82) is 0 Å². The number of hydrogen-bond donors (Lipinski definition) is 2. The third-order valence-electron chi connectivity index (χ3n) is 1.36. The molecule has 3 nitrogen and oxygen atoms in total. The van der Waals surface area contributed by atoms with E-state index in [2.05, 4.69) is 17.8 Å². The van der Waals surface area contributed by atoms with E-state index in [0.29, 0.717) is 6.54 Å². The fourth-order valence-electron chi connectivity index (χ4n) is 0.677. The van der Waals surface area contributed by atoms with Crippen LogP contribution >= 0.6 is 34.8 Å². The number of carbonyl (C=O) groups is 1. The first-order valence-corrected chi connectivity index (χ1v) is 5.22. The third-order valence-corrected chi connectivity index (χ3v) is 1.88. The van der Waals surface area contributed by atoms with Crippen LogP contribution in [0.15, 0.2) is 0 Å². The molecule has 1 amide bonds. The molecular weight excluding hydrogens is 234 g/mol. The molecule has 0 aromatic carbocycles. The van der Waals surface area contributed by atoms with Crippen molar-refractivity contribution < 1.29 is 4.79 Å². The molecule has 0 aliphatic carbocycles. The van der Waals surface area contributed by atoms with Crippen molar-refractivity contribution in [3.05, 3.63) is 0 Å². The predicted molar refractivity (Wildman–Crippen MR) is 56.0 cm³/mol. The lowest BCUT2D eigenvalue weighted by atomic mass is 10.2. The van der Waals surface area contributed by atoms with Gasteiger partial charge in [-0.05, 0) is 6.42 Å². The van der Waals surface area contributed by atoms with Crippen LogP contribution in [0.2, 0.25) is 0 Å². The van der Waals surface area contributed by atoms with Crippen LogP contribution in [0.5, 0.6) is 0 Å². The smallest absolute Gasteiger partial charge is 0.286 e. The number of rotatable bonds is 5. The minimum absolute atomic E-state index is 0.658. The Hall–Kier alpha value is 0.300. The minimum atomic E-state index is -1.89. The Morgan fingerprint density at radius 2 is 1.92 bits per heavy atom. The van der Waals surface area contributed by atoms with E-state index in [1.807, 2.05) is 0 Å². The topological polar surface area (TPSA) is 41.1 Å². The molecule has 0 radical (unpaired) electrons. The second-order valence-corrected chi connectivity index (χ2v) is 4.87. The van der Waals surface area contributed by atoms with Crippen LogP contribution in [0, 0.1) is 0 Å². The van der Waals surface area contributed by atoms with Crippen molar-refractivity contribution in [1.82, 2.24) is 10.9 Å². The Labute approximate surface area is 93.1 Å². The highest BCUT2D eigenvalue weighted by atomic mass is 35.6. The van der Waals surface area contributed by atoms with E-state index < -0.39 is 9.70 Å².